The van der Waals surface area contributed by atoms with E-state index in [0.29, 0.717) is 24.4 Å². The molecule has 1 aromatic heterocycles. The Bertz CT molecular complexity index is 945. The van der Waals surface area contributed by atoms with Crippen LogP contribution in [0.25, 0.3) is 0 Å². The first-order valence-electron chi connectivity index (χ1n) is 10.4. The molecule has 2 aromatic rings. The lowest BCUT2D eigenvalue weighted by molar-refractivity contribution is -0.131. The van der Waals surface area contributed by atoms with Gasteiger partial charge < -0.3 is 5.11 Å². The first-order valence-corrected chi connectivity index (χ1v) is 12.3. The molecule has 1 aromatic carbocycles. The van der Waals surface area contributed by atoms with Gasteiger partial charge in [0.05, 0.1) is 4.90 Å². The molecule has 6 nitrogen and oxygen atoms in total. The van der Waals surface area contributed by atoms with Gasteiger partial charge >= 0.3 is 5.97 Å². The molecule has 0 atom stereocenters. The summed E-state index contributed by atoms with van der Waals surface area (Å²) in [6.45, 7) is 0.341. The van der Waals surface area contributed by atoms with Gasteiger partial charge in [-0.15, -0.1) is 0 Å². The lowest BCUT2D eigenvalue weighted by Gasteiger charge is -2.09. The molecule has 0 spiro atoms. The van der Waals surface area contributed by atoms with Gasteiger partial charge in [-0.1, -0.05) is 29.7 Å². The highest BCUT2D eigenvalue weighted by Gasteiger charge is 2.12. The molecule has 0 aliphatic rings. The summed E-state index contributed by atoms with van der Waals surface area (Å²) in [5.41, 5.74) is 2.12. The number of carbonyl (C=O) groups is 1. The summed E-state index contributed by atoms with van der Waals surface area (Å²) in [5, 5.41) is 9.59. The summed E-state index contributed by atoms with van der Waals surface area (Å²) in [7, 11) is -3.54. The quantitative estimate of drug-likeness (QED) is 0.303. The number of rotatable bonds is 14. The molecule has 0 aliphatic carbocycles. The molecular weight excluding hydrogens is 436 g/mol. The number of hydrogen-bond acceptors (Lipinski definition) is 4. The van der Waals surface area contributed by atoms with Gasteiger partial charge in [0, 0.05) is 30.0 Å². The number of nitrogens with zero attached hydrogens (tertiary/aromatic N) is 1. The molecule has 168 valence electrons. The van der Waals surface area contributed by atoms with E-state index in [1.165, 1.54) is 23.8 Å². The first-order chi connectivity index (χ1) is 14.9. The predicted molar refractivity (Wildman–Crippen MR) is 123 cm³/mol. The minimum absolute atomic E-state index is 0.190. The zero-order valence-electron chi connectivity index (χ0n) is 17.5. The zero-order valence-corrected chi connectivity index (χ0v) is 19.0. The molecule has 0 unspecified atom stereocenters. The van der Waals surface area contributed by atoms with E-state index < -0.39 is 16.0 Å². The Morgan fingerprint density at radius 3 is 2.39 bits per heavy atom. The van der Waals surface area contributed by atoms with Gasteiger partial charge in [0.15, 0.2) is 0 Å². The van der Waals surface area contributed by atoms with E-state index in [1.807, 2.05) is 18.3 Å². The molecule has 0 saturated carbocycles. The van der Waals surface area contributed by atoms with E-state index in [4.69, 9.17) is 16.7 Å². The Balaban J connectivity index is 1.66. The highest BCUT2D eigenvalue weighted by molar-refractivity contribution is 7.89. The van der Waals surface area contributed by atoms with Crippen LogP contribution in [-0.4, -0.2) is 31.0 Å². The molecule has 2 N–H and O–H groups in total. The number of sulfonamides is 1. The maximum Gasteiger partial charge on any atom is 0.328 e. The number of carboxylic acid groups (broad SMARTS) is 1. The molecule has 31 heavy (non-hydrogen) atoms. The maximum absolute atomic E-state index is 12.2. The second kappa shape index (κ2) is 13.2. The molecule has 2 rings (SSSR count). The Morgan fingerprint density at radius 1 is 1.03 bits per heavy atom. The van der Waals surface area contributed by atoms with Crippen LogP contribution >= 0.6 is 11.6 Å². The van der Waals surface area contributed by atoms with Crippen LogP contribution in [0.3, 0.4) is 0 Å². The summed E-state index contributed by atoms with van der Waals surface area (Å²) in [6.07, 6.45) is 11.6. The Labute approximate surface area is 189 Å². The standard InChI is InChI=1S/C23H29ClN2O4S/c24-21-11-13-22(14-12-21)31(29,30)26-16-5-1-2-7-19(17-23(27)28)8-3-4-9-20-10-6-15-25-18-20/h6,10-15,17-18,26H,1-5,7-9,16H2,(H,27,28)/b19-17-. The second-order valence-electron chi connectivity index (χ2n) is 7.37. The second-order valence-corrected chi connectivity index (χ2v) is 9.57. The third-order valence-electron chi connectivity index (χ3n) is 4.85. The van der Waals surface area contributed by atoms with Crippen molar-refractivity contribution >= 4 is 27.6 Å². The lowest BCUT2D eigenvalue weighted by Crippen LogP contribution is -2.24. The fourth-order valence-corrected chi connectivity index (χ4v) is 4.43. The van der Waals surface area contributed by atoms with Gasteiger partial charge in [-0.2, -0.15) is 0 Å². The highest BCUT2D eigenvalue weighted by Crippen LogP contribution is 2.18. The maximum atomic E-state index is 12.2. The zero-order chi connectivity index (χ0) is 22.5. The topological polar surface area (TPSA) is 96.4 Å². The van der Waals surface area contributed by atoms with Gasteiger partial charge in [0.2, 0.25) is 10.0 Å². The Hall–Kier alpha value is -2.22. The molecule has 0 amide bonds. The van der Waals surface area contributed by atoms with Gasteiger partial charge in [0.25, 0.3) is 0 Å². The normalized spacial score (nSPS) is 12.1. The molecule has 0 fully saturated rings. The number of aromatic nitrogens is 1. The van der Waals surface area contributed by atoms with Crippen LogP contribution < -0.4 is 4.72 Å². The fourth-order valence-electron chi connectivity index (χ4n) is 3.23. The molecule has 8 heteroatoms. The largest absolute Gasteiger partial charge is 0.478 e. The van der Waals surface area contributed by atoms with Crippen LogP contribution in [0.1, 0.15) is 50.5 Å². The molecule has 0 radical (unpaired) electrons. The third-order valence-corrected chi connectivity index (χ3v) is 6.58. The fraction of sp³-hybridized carbons (Fsp3) is 0.391. The van der Waals surface area contributed by atoms with E-state index in [0.717, 1.165) is 44.1 Å². The van der Waals surface area contributed by atoms with Crippen molar-refractivity contribution in [2.75, 3.05) is 6.54 Å². The van der Waals surface area contributed by atoms with E-state index in [-0.39, 0.29) is 4.90 Å². The lowest BCUT2D eigenvalue weighted by atomic mass is 9.99. The van der Waals surface area contributed by atoms with E-state index in [9.17, 15) is 13.2 Å². The summed E-state index contributed by atoms with van der Waals surface area (Å²) in [6, 6.07) is 10.00. The number of halogens is 1. The number of nitrogens with one attached hydrogen (secondary N) is 1. The summed E-state index contributed by atoms with van der Waals surface area (Å²) in [5.74, 6) is -0.919. The van der Waals surface area contributed by atoms with Crippen molar-refractivity contribution in [3.63, 3.8) is 0 Å². The van der Waals surface area contributed by atoms with Crippen LogP contribution in [0.2, 0.25) is 5.02 Å². The summed E-state index contributed by atoms with van der Waals surface area (Å²) in [4.78, 5) is 15.4. The predicted octanol–water partition coefficient (Wildman–Crippen LogP) is 5.00. The van der Waals surface area contributed by atoms with E-state index in [1.54, 1.807) is 18.3 Å². The average molecular weight is 465 g/mol. The van der Waals surface area contributed by atoms with Crippen LogP contribution in [0.5, 0.6) is 0 Å². The minimum Gasteiger partial charge on any atom is -0.478 e. The van der Waals surface area contributed by atoms with Crippen molar-refractivity contribution in [2.24, 2.45) is 0 Å². The van der Waals surface area contributed by atoms with Crippen molar-refractivity contribution in [1.29, 1.82) is 0 Å². The Morgan fingerprint density at radius 2 is 1.74 bits per heavy atom. The van der Waals surface area contributed by atoms with Crippen LogP contribution in [0, 0.1) is 0 Å². The van der Waals surface area contributed by atoms with Crippen molar-refractivity contribution in [1.82, 2.24) is 9.71 Å². The smallest absolute Gasteiger partial charge is 0.328 e. The SMILES string of the molecule is O=C(O)/C=C(/CCCCCNS(=O)(=O)c1ccc(Cl)cc1)CCCCc1cccnc1. The number of benzene rings is 1. The van der Waals surface area contributed by atoms with Crippen LogP contribution in [-0.2, 0) is 21.2 Å². The van der Waals surface area contributed by atoms with Crippen molar-refractivity contribution in [2.45, 2.75) is 56.3 Å². The van der Waals surface area contributed by atoms with E-state index >= 15 is 0 Å². The number of pyridine rings is 1. The number of unbranched alkanes of at least 4 members (excludes halogenated alkanes) is 3. The molecule has 0 saturated heterocycles. The van der Waals surface area contributed by atoms with Gasteiger partial charge in [0.1, 0.15) is 0 Å². The number of allylic oxidation sites excluding steroid dienone is 1. The minimum atomic E-state index is -3.54. The van der Waals surface area contributed by atoms with Gasteiger partial charge in [-0.05, 0) is 80.8 Å². The number of hydrogen-bond donors (Lipinski definition) is 2. The Kier molecular flexibility index (Phi) is 10.7. The first kappa shape index (κ1) is 25.0. The van der Waals surface area contributed by atoms with E-state index in [2.05, 4.69) is 9.71 Å². The average Bonchev–Trinajstić information content (AvgIpc) is 2.74. The van der Waals surface area contributed by atoms with Crippen LogP contribution in [0.4, 0.5) is 0 Å². The summed E-state index contributed by atoms with van der Waals surface area (Å²) >= 11 is 5.79. The summed E-state index contributed by atoms with van der Waals surface area (Å²) < 4.78 is 27.0. The van der Waals surface area contributed by atoms with Crippen molar-refractivity contribution in [3.8, 4) is 0 Å². The molecule has 1 heterocycles. The van der Waals surface area contributed by atoms with Crippen LogP contribution in [0.15, 0.2) is 65.3 Å². The number of aryl methyl sites for hydroxylation is 1. The van der Waals surface area contributed by atoms with Crippen molar-refractivity contribution < 1.29 is 18.3 Å². The number of aliphatic carboxylic acids is 1. The van der Waals surface area contributed by atoms with Gasteiger partial charge in [-0.3, -0.25) is 4.98 Å². The number of carboxylic acids is 1. The monoisotopic (exact) mass is 464 g/mol. The third kappa shape index (κ3) is 10.1. The highest BCUT2D eigenvalue weighted by atomic mass is 35.5. The van der Waals surface area contributed by atoms with Gasteiger partial charge in [-0.25, -0.2) is 17.9 Å². The molecule has 0 aliphatic heterocycles. The molecule has 0 bridgehead atoms. The molecular formula is C23H29ClN2O4S. The van der Waals surface area contributed by atoms with Crippen molar-refractivity contribution in [3.05, 3.63) is 71.0 Å².